The van der Waals surface area contributed by atoms with Gasteiger partial charge < -0.3 is 14.8 Å². The summed E-state index contributed by atoms with van der Waals surface area (Å²) in [5.74, 6) is -0.375. The molecule has 34 heavy (non-hydrogen) atoms. The molecule has 1 amide bonds. The lowest BCUT2D eigenvalue weighted by Crippen LogP contribution is -2.46. The summed E-state index contributed by atoms with van der Waals surface area (Å²) in [6.07, 6.45) is 1.95. The molecule has 2 aromatic heterocycles. The summed E-state index contributed by atoms with van der Waals surface area (Å²) < 4.78 is 49.5. The number of halogens is 3. The summed E-state index contributed by atoms with van der Waals surface area (Å²) in [5.41, 5.74) is 1.02. The Hall–Kier alpha value is -1.98. The second-order valence-electron chi connectivity index (χ2n) is 9.75. The van der Waals surface area contributed by atoms with Crippen molar-refractivity contribution in [2.24, 2.45) is 11.8 Å². The Balaban J connectivity index is 1.15. The molecule has 7 nitrogen and oxygen atoms in total. The molecule has 0 bridgehead atoms. The Bertz CT molecular complexity index is 1080. The first-order valence-electron chi connectivity index (χ1n) is 12.0. The second kappa shape index (κ2) is 8.60. The smallest absolute Gasteiger partial charge is 0.405 e. The van der Waals surface area contributed by atoms with Gasteiger partial charge in [-0.2, -0.15) is 13.2 Å². The highest BCUT2D eigenvalue weighted by atomic mass is 32.1. The van der Waals surface area contributed by atoms with Crippen LogP contribution >= 0.6 is 11.3 Å². The number of amides is 1. The molecule has 2 aromatic rings. The molecule has 3 aliphatic carbocycles. The lowest BCUT2D eigenvalue weighted by atomic mass is 9.91. The maximum absolute atomic E-state index is 12.5. The van der Waals surface area contributed by atoms with Crippen LogP contribution in [0.4, 0.5) is 13.2 Å². The number of hydrogen-bond acceptors (Lipinski definition) is 7. The predicted molar refractivity (Wildman–Crippen MR) is 119 cm³/mol. The molecule has 4 aliphatic rings. The number of morpholine rings is 1. The Morgan fingerprint density at radius 3 is 2.71 bits per heavy atom. The summed E-state index contributed by atoms with van der Waals surface area (Å²) in [7, 11) is 0. The van der Waals surface area contributed by atoms with Crippen LogP contribution in [0.5, 0.6) is 5.88 Å². The highest BCUT2D eigenvalue weighted by Crippen LogP contribution is 2.65. The first-order chi connectivity index (χ1) is 16.4. The van der Waals surface area contributed by atoms with Crippen molar-refractivity contribution in [3.8, 4) is 5.88 Å². The van der Waals surface area contributed by atoms with Gasteiger partial charge in [-0.15, -0.1) is 11.3 Å². The first-order valence-corrected chi connectivity index (χ1v) is 12.8. The lowest BCUT2D eigenvalue weighted by Gasteiger charge is -2.38. The average molecular weight is 497 g/mol. The van der Waals surface area contributed by atoms with Crippen LogP contribution in [0.3, 0.4) is 0 Å². The molecule has 3 unspecified atom stereocenters. The molecule has 3 fully saturated rings. The maximum atomic E-state index is 12.5. The molecular weight excluding hydrogens is 469 g/mol. The van der Waals surface area contributed by atoms with Crippen LogP contribution in [0, 0.1) is 11.8 Å². The third-order valence-electron chi connectivity index (χ3n) is 7.74. The van der Waals surface area contributed by atoms with Crippen LogP contribution in [0.2, 0.25) is 0 Å². The second-order valence-corrected chi connectivity index (χ2v) is 10.8. The maximum Gasteiger partial charge on any atom is 0.405 e. The minimum Gasteiger partial charge on any atom is -0.474 e. The number of nitrogens with one attached hydrogen (secondary N) is 1. The van der Waals surface area contributed by atoms with Crippen molar-refractivity contribution < 1.29 is 27.4 Å². The highest BCUT2D eigenvalue weighted by Gasteiger charge is 2.61. The fourth-order valence-electron chi connectivity index (χ4n) is 6.09. The third kappa shape index (κ3) is 4.15. The fraction of sp³-hybridized carbons (Fsp3) is 0.696. The molecule has 0 aromatic carbocycles. The largest absolute Gasteiger partial charge is 0.474 e. The molecule has 1 aliphatic heterocycles. The van der Waals surface area contributed by atoms with Crippen LogP contribution in [0.1, 0.15) is 42.0 Å². The normalized spacial score (nSPS) is 31.2. The molecular formula is C23H27F3N4O3S. The predicted octanol–water partition coefficient (Wildman–Crippen LogP) is 3.28. The van der Waals surface area contributed by atoms with Crippen molar-refractivity contribution in [3.63, 3.8) is 0 Å². The summed E-state index contributed by atoms with van der Waals surface area (Å²) in [6, 6.07) is 0.572. The standard InChI is InChI=1S/C23H27F3N4O3S/c24-23(25,26)10-27-20(31)17-14-9-15-18(16(14)17)19-21(28-11-29-22(19)34-15)33-13-3-1-12(2-4-13)30-5-7-32-8-6-30/h11-14,16-17H,1-10H2,(H,27,31). The summed E-state index contributed by atoms with van der Waals surface area (Å²) in [4.78, 5) is 25.8. The molecule has 184 valence electrons. The summed E-state index contributed by atoms with van der Waals surface area (Å²) >= 11 is 1.59. The number of carbonyl (C=O) groups is 1. The summed E-state index contributed by atoms with van der Waals surface area (Å²) in [6.45, 7) is 2.30. The molecule has 3 heterocycles. The quantitative estimate of drug-likeness (QED) is 0.685. The van der Waals surface area contributed by atoms with E-state index >= 15 is 0 Å². The number of hydrogen-bond donors (Lipinski definition) is 1. The van der Waals surface area contributed by atoms with Gasteiger partial charge in [0.1, 0.15) is 23.8 Å². The van der Waals surface area contributed by atoms with Crippen LogP contribution in [-0.4, -0.2) is 71.9 Å². The van der Waals surface area contributed by atoms with Crippen LogP contribution in [-0.2, 0) is 16.0 Å². The minimum atomic E-state index is -4.41. The zero-order valence-electron chi connectivity index (χ0n) is 18.6. The van der Waals surface area contributed by atoms with E-state index in [2.05, 4.69) is 20.2 Å². The number of fused-ring (bicyclic) bond motifs is 5. The van der Waals surface area contributed by atoms with E-state index < -0.39 is 24.5 Å². The van der Waals surface area contributed by atoms with Crippen LogP contribution < -0.4 is 10.1 Å². The van der Waals surface area contributed by atoms with Gasteiger partial charge in [0.05, 0.1) is 18.6 Å². The third-order valence-corrected chi connectivity index (χ3v) is 8.88. The van der Waals surface area contributed by atoms with Gasteiger partial charge in [-0.05, 0) is 43.6 Å². The monoisotopic (exact) mass is 496 g/mol. The molecule has 2 saturated carbocycles. The lowest BCUT2D eigenvalue weighted by molar-refractivity contribution is -0.139. The Labute approximate surface area is 199 Å². The van der Waals surface area contributed by atoms with Crippen molar-refractivity contribution in [2.45, 2.75) is 56.3 Å². The zero-order valence-corrected chi connectivity index (χ0v) is 19.5. The number of alkyl halides is 3. The van der Waals surface area contributed by atoms with E-state index in [4.69, 9.17) is 9.47 Å². The van der Waals surface area contributed by atoms with E-state index in [0.717, 1.165) is 72.6 Å². The molecule has 6 rings (SSSR count). The van der Waals surface area contributed by atoms with E-state index in [0.29, 0.717) is 18.3 Å². The minimum absolute atomic E-state index is 0.0656. The number of ether oxygens (including phenoxy) is 2. The molecule has 1 N–H and O–H groups in total. The SMILES string of the molecule is O=C(NCC(F)(F)F)C1C2Cc3sc4ncnc(OC5CCC(N6CCOCC6)CC5)c4c3C21. The molecule has 3 atom stereocenters. The fourth-order valence-corrected chi connectivity index (χ4v) is 7.35. The Morgan fingerprint density at radius 2 is 1.97 bits per heavy atom. The van der Waals surface area contributed by atoms with E-state index in [1.54, 1.807) is 11.3 Å². The van der Waals surface area contributed by atoms with Gasteiger partial charge in [-0.1, -0.05) is 0 Å². The average Bonchev–Trinajstić information content (AvgIpc) is 3.20. The molecule has 1 saturated heterocycles. The summed E-state index contributed by atoms with van der Waals surface area (Å²) in [5, 5.41) is 2.92. The van der Waals surface area contributed by atoms with Crippen molar-refractivity contribution in [1.29, 1.82) is 0 Å². The van der Waals surface area contributed by atoms with Crippen LogP contribution in [0.15, 0.2) is 6.33 Å². The number of rotatable bonds is 5. The number of carbonyl (C=O) groups excluding carboxylic acids is 1. The van der Waals surface area contributed by atoms with Crippen molar-refractivity contribution in [2.75, 3.05) is 32.8 Å². The topological polar surface area (TPSA) is 76.6 Å². The zero-order chi connectivity index (χ0) is 23.4. The first kappa shape index (κ1) is 22.5. The van der Waals surface area contributed by atoms with Gasteiger partial charge in [0.15, 0.2) is 0 Å². The van der Waals surface area contributed by atoms with Crippen molar-refractivity contribution in [3.05, 3.63) is 16.8 Å². The number of nitrogens with zero attached hydrogens (tertiary/aromatic N) is 3. The van der Waals surface area contributed by atoms with Gasteiger partial charge in [-0.3, -0.25) is 9.69 Å². The van der Waals surface area contributed by atoms with Gasteiger partial charge in [-0.25, -0.2) is 9.97 Å². The van der Waals surface area contributed by atoms with Crippen LogP contribution in [0.25, 0.3) is 10.2 Å². The van der Waals surface area contributed by atoms with E-state index in [-0.39, 0.29) is 17.9 Å². The highest BCUT2D eigenvalue weighted by molar-refractivity contribution is 7.19. The molecule has 0 radical (unpaired) electrons. The van der Waals surface area contributed by atoms with Crippen molar-refractivity contribution >= 4 is 27.5 Å². The Kier molecular flexibility index (Phi) is 5.69. The molecule has 11 heteroatoms. The van der Waals surface area contributed by atoms with E-state index in [9.17, 15) is 18.0 Å². The van der Waals surface area contributed by atoms with Gasteiger partial charge in [0, 0.05) is 35.8 Å². The van der Waals surface area contributed by atoms with Gasteiger partial charge >= 0.3 is 6.18 Å². The van der Waals surface area contributed by atoms with Gasteiger partial charge in [0.25, 0.3) is 0 Å². The van der Waals surface area contributed by atoms with Crippen molar-refractivity contribution in [1.82, 2.24) is 20.2 Å². The Morgan fingerprint density at radius 1 is 1.21 bits per heavy atom. The van der Waals surface area contributed by atoms with E-state index in [1.807, 2.05) is 0 Å². The number of thiophene rings is 1. The molecule has 0 spiro atoms. The number of aromatic nitrogens is 2. The van der Waals surface area contributed by atoms with Gasteiger partial charge in [0.2, 0.25) is 11.8 Å². The van der Waals surface area contributed by atoms with E-state index in [1.165, 1.54) is 6.33 Å².